The molecule has 3 heteroatoms. The van der Waals surface area contributed by atoms with E-state index in [2.05, 4.69) is 42.4 Å². The summed E-state index contributed by atoms with van der Waals surface area (Å²) < 4.78 is 8.60. The number of hydrogen-bond donors (Lipinski definition) is 0. The van der Waals surface area contributed by atoms with Crippen molar-refractivity contribution in [3.63, 3.8) is 0 Å². The van der Waals surface area contributed by atoms with Gasteiger partial charge in [0.05, 0.1) is 0 Å². The van der Waals surface area contributed by atoms with E-state index in [9.17, 15) is 0 Å². The minimum absolute atomic E-state index is 0.319. The van der Waals surface area contributed by atoms with Gasteiger partial charge in [-0.15, -0.1) is 0 Å². The van der Waals surface area contributed by atoms with E-state index < -0.39 is 0 Å². The van der Waals surface area contributed by atoms with Crippen LogP contribution in [0.3, 0.4) is 0 Å². The first kappa shape index (κ1) is 17.3. The predicted molar refractivity (Wildman–Crippen MR) is 78.7 cm³/mol. The van der Waals surface area contributed by atoms with Crippen molar-refractivity contribution in [2.24, 2.45) is 0 Å². The van der Waals surface area contributed by atoms with Crippen LogP contribution in [0.1, 0.15) is 46.0 Å². The second kappa shape index (κ2) is 14.4. The molecule has 0 radical (unpaired) electrons. The molecule has 0 spiro atoms. The molecule has 18 heavy (non-hydrogen) atoms. The minimum atomic E-state index is -0.319. The van der Waals surface area contributed by atoms with Gasteiger partial charge in [0.1, 0.15) is 0 Å². The van der Waals surface area contributed by atoms with Gasteiger partial charge in [0, 0.05) is 0 Å². The Morgan fingerprint density at radius 1 is 1.00 bits per heavy atom. The fourth-order valence-corrected chi connectivity index (χ4v) is 1.92. The van der Waals surface area contributed by atoms with E-state index in [0.29, 0.717) is 11.7 Å². The summed E-state index contributed by atoms with van der Waals surface area (Å²) in [5.74, 6) is 12.1. The Bertz CT molecular complexity index is 349. The van der Waals surface area contributed by atoms with E-state index in [-0.39, 0.29) is 14.6 Å². The van der Waals surface area contributed by atoms with E-state index in [1.165, 1.54) is 25.8 Å². The number of rotatable bonds is 7. The standard InChI is InChI=1S/C15H24N2Se/c1-3-5-10-13-17(4-2)14-11-8-6-7-9-12-15-18-16/h3-5,7,10-11,13-15H2,1-2H3. The molecule has 0 aromatic rings. The molecule has 0 aromatic carbocycles. The van der Waals surface area contributed by atoms with Crippen LogP contribution in [0.5, 0.6) is 0 Å². The van der Waals surface area contributed by atoms with Crippen LogP contribution in [-0.2, 0) is 0 Å². The van der Waals surface area contributed by atoms with Crippen LogP contribution in [0, 0.1) is 27.9 Å². The predicted octanol–water partition coefficient (Wildman–Crippen LogP) is 2.89. The topological polar surface area (TPSA) is 27.0 Å². The molecule has 0 amide bonds. The molecule has 0 heterocycles. The van der Waals surface area contributed by atoms with Gasteiger partial charge in [-0.05, 0) is 0 Å². The van der Waals surface area contributed by atoms with Crippen LogP contribution in [0.2, 0.25) is 5.32 Å². The molecule has 0 aliphatic heterocycles. The van der Waals surface area contributed by atoms with Crippen LogP contribution >= 0.6 is 0 Å². The molecule has 100 valence electrons. The third kappa shape index (κ3) is 11.8. The Balaban J connectivity index is 3.65. The average molecular weight is 311 g/mol. The van der Waals surface area contributed by atoms with Gasteiger partial charge >= 0.3 is 105 Å². The fraction of sp³-hybridized carbons (Fsp3) is 0.733. The maximum atomic E-state index is 8.60. The zero-order valence-electron chi connectivity index (χ0n) is 11.7. The number of unbranched alkanes of at least 4 members (excludes halogenated alkanes) is 2. The Kier molecular flexibility index (Phi) is 13.8. The molecule has 0 saturated carbocycles. The summed E-state index contributed by atoms with van der Waals surface area (Å²) in [5.41, 5.74) is 0. The molecule has 0 fully saturated rings. The second-order valence-corrected chi connectivity index (χ2v) is 5.20. The van der Waals surface area contributed by atoms with Gasteiger partial charge in [-0.1, -0.05) is 13.3 Å². The third-order valence-electron chi connectivity index (χ3n) is 2.64. The Morgan fingerprint density at radius 2 is 1.78 bits per heavy atom. The SMILES string of the molecule is CCCCCN(CC)CCC#CCC#CC[Se]#N. The van der Waals surface area contributed by atoms with E-state index in [0.717, 1.165) is 19.5 Å². The summed E-state index contributed by atoms with van der Waals surface area (Å²) in [6.07, 6.45) is 5.48. The number of nitrogens with zero attached hydrogens (tertiary/aromatic N) is 2. The number of hydrogen-bond acceptors (Lipinski definition) is 2. The second-order valence-electron chi connectivity index (χ2n) is 4.05. The van der Waals surface area contributed by atoms with Crippen molar-refractivity contribution >= 4 is 14.6 Å². The zero-order valence-corrected chi connectivity index (χ0v) is 13.4. The van der Waals surface area contributed by atoms with Gasteiger partial charge in [0.25, 0.3) is 0 Å². The van der Waals surface area contributed by atoms with Crippen molar-refractivity contribution in [3.8, 4) is 23.7 Å². The van der Waals surface area contributed by atoms with Crippen LogP contribution in [0.4, 0.5) is 0 Å². The third-order valence-corrected chi connectivity index (χ3v) is 3.22. The molecule has 0 unspecified atom stereocenters. The Labute approximate surface area is 118 Å². The van der Waals surface area contributed by atoms with Crippen LogP contribution in [0.15, 0.2) is 0 Å². The zero-order chi connectivity index (χ0) is 13.5. The first-order valence-corrected chi connectivity index (χ1v) is 8.73. The van der Waals surface area contributed by atoms with Gasteiger partial charge in [0.15, 0.2) is 0 Å². The first-order chi connectivity index (χ1) is 8.85. The normalized spacial score (nSPS) is 9.22. The van der Waals surface area contributed by atoms with Crippen molar-refractivity contribution < 1.29 is 0 Å². The van der Waals surface area contributed by atoms with Crippen LogP contribution in [0.25, 0.3) is 0 Å². The van der Waals surface area contributed by atoms with E-state index in [1.54, 1.807) is 0 Å². The fourth-order valence-electron chi connectivity index (χ4n) is 1.57. The van der Waals surface area contributed by atoms with Gasteiger partial charge in [-0.25, -0.2) is 0 Å². The molecule has 0 N–H and O–H groups in total. The van der Waals surface area contributed by atoms with Crippen LogP contribution < -0.4 is 0 Å². The van der Waals surface area contributed by atoms with E-state index >= 15 is 0 Å². The quantitative estimate of drug-likeness (QED) is 0.411. The molecule has 0 aromatic heterocycles. The van der Waals surface area contributed by atoms with E-state index in [4.69, 9.17) is 4.20 Å². The summed E-state index contributed by atoms with van der Waals surface area (Å²) >= 11 is -0.319. The molecule has 0 rings (SSSR count). The summed E-state index contributed by atoms with van der Waals surface area (Å²) in [6, 6.07) is 0. The van der Waals surface area contributed by atoms with Gasteiger partial charge in [-0.3, -0.25) is 0 Å². The first-order valence-electron chi connectivity index (χ1n) is 6.75. The molecular weight excluding hydrogens is 287 g/mol. The van der Waals surface area contributed by atoms with Crippen molar-refractivity contribution in [3.05, 3.63) is 0 Å². The monoisotopic (exact) mass is 312 g/mol. The molecule has 0 bridgehead atoms. The summed E-state index contributed by atoms with van der Waals surface area (Å²) in [6.45, 7) is 7.83. The molecule has 0 atom stereocenters. The van der Waals surface area contributed by atoms with Gasteiger partial charge in [-0.2, -0.15) is 0 Å². The maximum absolute atomic E-state index is 8.60. The van der Waals surface area contributed by atoms with Gasteiger partial charge in [0.2, 0.25) is 0 Å². The molecule has 0 aliphatic rings. The van der Waals surface area contributed by atoms with Gasteiger partial charge < -0.3 is 0 Å². The van der Waals surface area contributed by atoms with Crippen molar-refractivity contribution in [2.45, 2.75) is 51.3 Å². The summed E-state index contributed by atoms with van der Waals surface area (Å²) in [7, 11) is 0. The van der Waals surface area contributed by atoms with Crippen LogP contribution in [-0.4, -0.2) is 39.1 Å². The molecule has 0 aliphatic carbocycles. The Morgan fingerprint density at radius 3 is 2.44 bits per heavy atom. The molecular formula is C15H24N2Se. The van der Waals surface area contributed by atoms with E-state index in [1.807, 2.05) is 0 Å². The summed E-state index contributed by atoms with van der Waals surface area (Å²) in [4.78, 5) is 2.46. The van der Waals surface area contributed by atoms with Crippen molar-refractivity contribution in [1.82, 2.24) is 4.90 Å². The summed E-state index contributed by atoms with van der Waals surface area (Å²) in [5, 5.41) is 0.621. The Hall–Kier alpha value is -0.691. The molecule has 2 nitrogen and oxygen atoms in total. The average Bonchev–Trinajstić information content (AvgIpc) is 2.40. The van der Waals surface area contributed by atoms with Crippen molar-refractivity contribution in [1.29, 1.82) is 4.20 Å². The van der Waals surface area contributed by atoms with Crippen molar-refractivity contribution in [2.75, 3.05) is 19.6 Å². The molecule has 0 saturated heterocycles.